The molecule has 1 aromatic carbocycles. The monoisotopic (exact) mass is 411 g/mol. The van der Waals surface area contributed by atoms with Crippen LogP contribution in [0, 0.1) is 0 Å². The molecule has 160 valence electrons. The number of likely N-dealkylation sites (tertiary alicyclic amines) is 1. The van der Waals surface area contributed by atoms with Crippen molar-refractivity contribution in [1.82, 2.24) is 19.2 Å². The average Bonchev–Trinajstić information content (AvgIpc) is 3.36. The molecule has 0 unspecified atom stereocenters. The van der Waals surface area contributed by atoms with E-state index in [1.807, 2.05) is 9.47 Å². The van der Waals surface area contributed by atoms with Gasteiger partial charge in [0, 0.05) is 50.3 Å². The molecule has 1 aliphatic heterocycles. The van der Waals surface area contributed by atoms with E-state index >= 15 is 0 Å². The van der Waals surface area contributed by atoms with Gasteiger partial charge in [-0.3, -0.25) is 14.2 Å². The number of carbonyl (C=O) groups excluding carboxylic acids is 2. The first-order valence-electron chi connectivity index (χ1n) is 10.8. The highest BCUT2D eigenvalue weighted by Crippen LogP contribution is 2.33. The van der Waals surface area contributed by atoms with Crippen LogP contribution < -0.4 is 11.0 Å². The molecular formula is C22H29N5O3. The van der Waals surface area contributed by atoms with E-state index in [1.165, 1.54) is 24.4 Å². The number of benzene rings is 1. The van der Waals surface area contributed by atoms with Crippen molar-refractivity contribution in [2.45, 2.75) is 57.4 Å². The molecule has 4 rings (SSSR count). The third-order valence-electron chi connectivity index (χ3n) is 6.27. The summed E-state index contributed by atoms with van der Waals surface area (Å²) in [4.78, 5) is 38.5. The van der Waals surface area contributed by atoms with Gasteiger partial charge in [0.2, 0.25) is 5.91 Å². The average molecular weight is 412 g/mol. The third-order valence-corrected chi connectivity index (χ3v) is 6.27. The van der Waals surface area contributed by atoms with Crippen molar-refractivity contribution in [2.75, 3.05) is 18.4 Å². The van der Waals surface area contributed by atoms with E-state index < -0.39 is 0 Å². The maximum absolute atomic E-state index is 12.9. The molecule has 1 saturated heterocycles. The highest BCUT2D eigenvalue weighted by molar-refractivity contribution is 5.95. The summed E-state index contributed by atoms with van der Waals surface area (Å²) in [7, 11) is 1.72. The van der Waals surface area contributed by atoms with Gasteiger partial charge < -0.3 is 10.2 Å². The highest BCUT2D eigenvalue weighted by atomic mass is 16.2. The molecule has 0 bridgehead atoms. The van der Waals surface area contributed by atoms with Gasteiger partial charge in [-0.2, -0.15) is 5.10 Å². The van der Waals surface area contributed by atoms with Gasteiger partial charge in [-0.25, -0.2) is 9.48 Å². The maximum atomic E-state index is 12.9. The number of rotatable bonds is 4. The highest BCUT2D eigenvalue weighted by Gasteiger charge is 2.31. The normalized spacial score (nSPS) is 18.0. The van der Waals surface area contributed by atoms with E-state index in [4.69, 9.17) is 0 Å². The smallest absolute Gasteiger partial charge is 0.339 e. The van der Waals surface area contributed by atoms with E-state index in [2.05, 4.69) is 10.4 Å². The van der Waals surface area contributed by atoms with Gasteiger partial charge >= 0.3 is 5.69 Å². The van der Waals surface area contributed by atoms with Crippen LogP contribution in [0.2, 0.25) is 0 Å². The topological polar surface area (TPSA) is 89.2 Å². The zero-order valence-corrected chi connectivity index (χ0v) is 17.6. The van der Waals surface area contributed by atoms with Crippen LogP contribution in [0.25, 0.3) is 0 Å². The Morgan fingerprint density at radius 2 is 1.67 bits per heavy atom. The van der Waals surface area contributed by atoms with Crippen molar-refractivity contribution in [3.05, 3.63) is 46.1 Å². The molecule has 1 N–H and O–H groups in total. The van der Waals surface area contributed by atoms with E-state index in [9.17, 15) is 14.4 Å². The van der Waals surface area contributed by atoms with Crippen LogP contribution in [0.15, 0.2) is 29.1 Å². The first-order chi connectivity index (χ1) is 14.4. The second-order valence-corrected chi connectivity index (χ2v) is 8.40. The van der Waals surface area contributed by atoms with Crippen LogP contribution >= 0.6 is 0 Å². The molecule has 1 saturated carbocycles. The van der Waals surface area contributed by atoms with Crippen LogP contribution in [0.5, 0.6) is 0 Å². The second kappa shape index (κ2) is 8.45. The first-order valence-corrected chi connectivity index (χ1v) is 10.8. The summed E-state index contributed by atoms with van der Waals surface area (Å²) in [6.45, 7) is 2.75. The van der Waals surface area contributed by atoms with E-state index in [0.29, 0.717) is 24.3 Å². The zero-order chi connectivity index (χ0) is 21.3. The van der Waals surface area contributed by atoms with Gasteiger partial charge in [0.25, 0.3) is 5.91 Å². The number of nitrogens with zero attached hydrogens (tertiary/aromatic N) is 4. The predicted octanol–water partition coefficient (Wildman–Crippen LogP) is 2.68. The molecule has 1 aliphatic carbocycles. The number of hydrogen-bond acceptors (Lipinski definition) is 4. The fourth-order valence-electron chi connectivity index (χ4n) is 4.71. The zero-order valence-electron chi connectivity index (χ0n) is 17.6. The molecule has 2 amide bonds. The van der Waals surface area contributed by atoms with Crippen LogP contribution in [0.3, 0.4) is 0 Å². The standard InChI is InChI=1S/C22H29N5O3/c1-15(28)23-18-9-7-17(8-10-18)21(29)26-13-11-16(12-14-26)20-24-25(2)22(30)27(20)19-5-3-4-6-19/h7-10,16,19H,3-6,11-14H2,1-2H3,(H,23,28). The molecule has 30 heavy (non-hydrogen) atoms. The number of hydrogen-bond donors (Lipinski definition) is 1. The van der Waals surface area contributed by atoms with Crippen LogP contribution in [-0.2, 0) is 11.8 Å². The molecule has 0 atom stereocenters. The van der Waals surface area contributed by atoms with E-state index in [0.717, 1.165) is 31.5 Å². The Balaban J connectivity index is 1.43. The second-order valence-electron chi connectivity index (χ2n) is 8.40. The Kier molecular flexibility index (Phi) is 5.74. The molecule has 2 heterocycles. The van der Waals surface area contributed by atoms with Gasteiger partial charge in [0.05, 0.1) is 0 Å². The summed E-state index contributed by atoms with van der Waals surface area (Å²) in [6.07, 6.45) is 6.03. The van der Waals surface area contributed by atoms with Gasteiger partial charge in [-0.05, 0) is 49.9 Å². The summed E-state index contributed by atoms with van der Waals surface area (Å²) in [5.41, 5.74) is 1.27. The molecule has 8 nitrogen and oxygen atoms in total. The van der Waals surface area contributed by atoms with Gasteiger partial charge in [0.15, 0.2) is 0 Å². The van der Waals surface area contributed by atoms with Crippen molar-refractivity contribution in [3.8, 4) is 0 Å². The van der Waals surface area contributed by atoms with E-state index in [1.54, 1.807) is 31.3 Å². The minimum atomic E-state index is -0.137. The molecule has 2 fully saturated rings. The first kappa shape index (κ1) is 20.4. The van der Waals surface area contributed by atoms with Crippen molar-refractivity contribution in [2.24, 2.45) is 7.05 Å². The lowest BCUT2D eigenvalue weighted by atomic mass is 9.95. The largest absolute Gasteiger partial charge is 0.345 e. The number of anilines is 1. The number of carbonyl (C=O) groups is 2. The van der Waals surface area contributed by atoms with Crippen molar-refractivity contribution >= 4 is 17.5 Å². The van der Waals surface area contributed by atoms with Crippen molar-refractivity contribution in [1.29, 1.82) is 0 Å². The summed E-state index contributed by atoms with van der Waals surface area (Å²) < 4.78 is 3.39. The number of nitrogens with one attached hydrogen (secondary N) is 1. The van der Waals surface area contributed by atoms with Crippen LogP contribution in [0.1, 0.15) is 73.6 Å². The molecule has 1 aromatic heterocycles. The van der Waals surface area contributed by atoms with Crippen LogP contribution in [0.4, 0.5) is 5.69 Å². The number of amides is 2. The summed E-state index contributed by atoms with van der Waals surface area (Å²) in [5, 5.41) is 7.28. The Morgan fingerprint density at radius 1 is 1.03 bits per heavy atom. The molecule has 0 spiro atoms. The van der Waals surface area contributed by atoms with Crippen LogP contribution in [-0.4, -0.2) is 44.2 Å². The number of aryl methyl sites for hydroxylation is 1. The third kappa shape index (κ3) is 4.04. The molecule has 2 aliphatic rings. The Bertz CT molecular complexity index is 977. The van der Waals surface area contributed by atoms with Gasteiger partial charge in [-0.15, -0.1) is 0 Å². The van der Waals surface area contributed by atoms with Gasteiger partial charge in [0.1, 0.15) is 5.82 Å². The van der Waals surface area contributed by atoms with E-state index in [-0.39, 0.29) is 29.5 Å². The molecule has 0 radical (unpaired) electrons. The molecule has 2 aromatic rings. The molecular weight excluding hydrogens is 382 g/mol. The quantitative estimate of drug-likeness (QED) is 0.838. The lowest BCUT2D eigenvalue weighted by molar-refractivity contribution is -0.114. The van der Waals surface area contributed by atoms with Crippen molar-refractivity contribution in [3.63, 3.8) is 0 Å². The minimum absolute atomic E-state index is 0.00275. The van der Waals surface area contributed by atoms with Gasteiger partial charge in [-0.1, -0.05) is 12.8 Å². The van der Waals surface area contributed by atoms with Crippen molar-refractivity contribution < 1.29 is 9.59 Å². The lowest BCUT2D eigenvalue weighted by Crippen LogP contribution is -2.38. The Hall–Kier alpha value is -2.90. The summed E-state index contributed by atoms with van der Waals surface area (Å²) in [6, 6.07) is 7.25. The maximum Gasteiger partial charge on any atom is 0.345 e. The molecule has 8 heteroatoms. The fraction of sp³-hybridized carbons (Fsp3) is 0.545. The Labute approximate surface area is 175 Å². The SMILES string of the molecule is CC(=O)Nc1ccc(C(=O)N2CCC(c3nn(C)c(=O)n3C3CCCC3)CC2)cc1. The number of aromatic nitrogens is 3. The predicted molar refractivity (Wildman–Crippen MR) is 114 cm³/mol. The fourth-order valence-corrected chi connectivity index (χ4v) is 4.71. The lowest BCUT2D eigenvalue weighted by Gasteiger charge is -2.32. The summed E-state index contributed by atoms with van der Waals surface area (Å²) >= 11 is 0. The summed E-state index contributed by atoms with van der Waals surface area (Å²) in [5.74, 6) is 0.950. The Morgan fingerprint density at radius 3 is 2.27 bits per heavy atom. The number of piperidine rings is 1. The minimum Gasteiger partial charge on any atom is -0.339 e.